The van der Waals surface area contributed by atoms with Crippen LogP contribution in [-0.4, -0.2) is 48.4 Å². The number of ether oxygens (including phenoxy) is 3. The molecule has 0 radical (unpaired) electrons. The molecule has 0 amide bonds. The largest absolute Gasteiger partial charge is 0.469 e. The molecule has 0 aromatic rings. The van der Waals surface area contributed by atoms with Crippen LogP contribution in [0, 0.1) is 46.3 Å². The summed E-state index contributed by atoms with van der Waals surface area (Å²) in [7, 11) is 1.43. The number of carbonyl (C=O) groups excluding carboxylic acids is 3. The molecule has 11 unspecified atom stereocenters. The van der Waals surface area contributed by atoms with Crippen LogP contribution in [0.1, 0.15) is 92.4 Å². The Morgan fingerprint density at radius 2 is 1.67 bits per heavy atom. The van der Waals surface area contributed by atoms with Gasteiger partial charge in [0.25, 0.3) is 0 Å². The molecule has 0 aromatic heterocycles. The van der Waals surface area contributed by atoms with Gasteiger partial charge >= 0.3 is 17.9 Å². The second-order valence-electron chi connectivity index (χ2n) is 12.8. The van der Waals surface area contributed by atoms with E-state index in [1.54, 1.807) is 0 Å². The van der Waals surface area contributed by atoms with Crippen molar-refractivity contribution >= 4 is 17.9 Å². The average molecular weight is 507 g/mol. The zero-order valence-corrected chi connectivity index (χ0v) is 23.0. The lowest BCUT2D eigenvalue weighted by molar-refractivity contribution is -0.218. The second kappa shape index (κ2) is 10.3. The molecule has 4 aliphatic carbocycles. The summed E-state index contributed by atoms with van der Waals surface area (Å²) in [6.45, 7) is 9.83. The van der Waals surface area contributed by atoms with Crippen molar-refractivity contribution in [2.75, 3.05) is 7.11 Å². The highest BCUT2D eigenvalue weighted by Gasteiger charge is 2.66. The van der Waals surface area contributed by atoms with Gasteiger partial charge in [0, 0.05) is 25.7 Å². The van der Waals surface area contributed by atoms with Crippen LogP contribution in [-0.2, 0) is 28.6 Å². The summed E-state index contributed by atoms with van der Waals surface area (Å²) in [4.78, 5) is 35.7. The van der Waals surface area contributed by atoms with E-state index >= 15 is 0 Å². The van der Waals surface area contributed by atoms with Gasteiger partial charge in [-0.1, -0.05) is 20.8 Å². The van der Waals surface area contributed by atoms with E-state index in [0.717, 1.165) is 51.4 Å². The van der Waals surface area contributed by atoms with Crippen molar-refractivity contribution in [2.24, 2.45) is 46.3 Å². The summed E-state index contributed by atoms with van der Waals surface area (Å²) < 4.78 is 16.6. The Hall–Kier alpha value is -1.63. The molecule has 0 aromatic carbocycles. The first-order valence-electron chi connectivity index (χ1n) is 14.0. The molecule has 0 heterocycles. The fourth-order valence-electron chi connectivity index (χ4n) is 9.45. The SMILES string of the molecule is COC(=O)CCC(C)C1CCC2C3C(O)CC4CC(OC(C)=O)CCC4(C)C3CC(OC(C)=O)C12C. The number of rotatable bonds is 6. The maximum atomic E-state index is 12.3. The Labute approximate surface area is 216 Å². The van der Waals surface area contributed by atoms with E-state index in [0.29, 0.717) is 12.3 Å². The molecule has 204 valence electrons. The highest BCUT2D eigenvalue weighted by Crippen LogP contribution is 2.69. The highest BCUT2D eigenvalue weighted by molar-refractivity contribution is 5.69. The number of hydrogen-bond donors (Lipinski definition) is 1. The Balaban J connectivity index is 1.62. The van der Waals surface area contributed by atoms with Crippen LogP contribution in [0.2, 0.25) is 0 Å². The molecule has 0 spiro atoms. The van der Waals surface area contributed by atoms with Crippen LogP contribution in [0.3, 0.4) is 0 Å². The summed E-state index contributed by atoms with van der Waals surface area (Å²) >= 11 is 0. The van der Waals surface area contributed by atoms with E-state index < -0.39 is 6.10 Å². The van der Waals surface area contributed by atoms with Gasteiger partial charge in [-0.3, -0.25) is 14.4 Å². The van der Waals surface area contributed by atoms with Crippen LogP contribution >= 0.6 is 0 Å². The van der Waals surface area contributed by atoms with Crippen molar-refractivity contribution in [3.63, 3.8) is 0 Å². The first-order chi connectivity index (χ1) is 16.9. The van der Waals surface area contributed by atoms with Gasteiger partial charge in [-0.2, -0.15) is 0 Å². The molecule has 7 heteroatoms. The van der Waals surface area contributed by atoms with Gasteiger partial charge in [0.15, 0.2) is 0 Å². The van der Waals surface area contributed by atoms with Crippen molar-refractivity contribution in [3.05, 3.63) is 0 Å². The topological polar surface area (TPSA) is 99.1 Å². The third-order valence-electron chi connectivity index (χ3n) is 11.1. The zero-order valence-electron chi connectivity index (χ0n) is 23.0. The van der Waals surface area contributed by atoms with Gasteiger partial charge < -0.3 is 19.3 Å². The van der Waals surface area contributed by atoms with E-state index in [-0.39, 0.29) is 70.5 Å². The minimum atomic E-state index is -0.407. The Morgan fingerprint density at radius 3 is 2.31 bits per heavy atom. The Morgan fingerprint density at radius 1 is 0.972 bits per heavy atom. The number of aliphatic hydroxyl groups excluding tert-OH is 1. The molecule has 0 saturated heterocycles. The van der Waals surface area contributed by atoms with Crippen LogP contribution in [0.4, 0.5) is 0 Å². The van der Waals surface area contributed by atoms with Crippen LogP contribution in [0.15, 0.2) is 0 Å². The number of hydrogen-bond acceptors (Lipinski definition) is 7. The van der Waals surface area contributed by atoms with Gasteiger partial charge in [-0.05, 0) is 92.3 Å². The van der Waals surface area contributed by atoms with E-state index in [2.05, 4.69) is 20.8 Å². The van der Waals surface area contributed by atoms with Crippen LogP contribution in [0.5, 0.6) is 0 Å². The van der Waals surface area contributed by atoms with Crippen molar-refractivity contribution in [3.8, 4) is 0 Å². The first-order valence-corrected chi connectivity index (χ1v) is 14.0. The molecule has 36 heavy (non-hydrogen) atoms. The van der Waals surface area contributed by atoms with Crippen LogP contribution < -0.4 is 0 Å². The van der Waals surface area contributed by atoms with Gasteiger partial charge in [0.2, 0.25) is 0 Å². The van der Waals surface area contributed by atoms with E-state index in [9.17, 15) is 19.5 Å². The molecule has 7 nitrogen and oxygen atoms in total. The molecule has 1 N–H and O–H groups in total. The number of fused-ring (bicyclic) bond motifs is 5. The van der Waals surface area contributed by atoms with E-state index in [4.69, 9.17) is 14.2 Å². The minimum absolute atomic E-state index is 0.0227. The number of carbonyl (C=O) groups is 3. The molecule has 0 bridgehead atoms. The third kappa shape index (κ3) is 4.69. The molecule has 4 fully saturated rings. The predicted octanol–water partition coefficient (Wildman–Crippen LogP) is 4.68. The lowest BCUT2D eigenvalue weighted by Gasteiger charge is -2.64. The molecule has 4 aliphatic rings. The molecule has 4 rings (SSSR count). The maximum Gasteiger partial charge on any atom is 0.305 e. The zero-order chi connectivity index (χ0) is 26.4. The fourth-order valence-corrected chi connectivity index (χ4v) is 9.45. The lowest BCUT2D eigenvalue weighted by Crippen LogP contribution is -2.63. The van der Waals surface area contributed by atoms with Crippen molar-refractivity contribution in [1.82, 2.24) is 0 Å². The summed E-state index contributed by atoms with van der Waals surface area (Å²) in [5, 5.41) is 11.6. The summed E-state index contributed by atoms with van der Waals surface area (Å²) in [6, 6.07) is 0. The summed E-state index contributed by atoms with van der Waals surface area (Å²) in [5.41, 5.74) is -0.212. The third-order valence-corrected chi connectivity index (χ3v) is 11.1. The Kier molecular flexibility index (Phi) is 7.81. The van der Waals surface area contributed by atoms with Crippen LogP contribution in [0.25, 0.3) is 0 Å². The minimum Gasteiger partial charge on any atom is -0.469 e. The normalized spacial score (nSPS) is 44.4. The van der Waals surface area contributed by atoms with Gasteiger partial charge in [-0.15, -0.1) is 0 Å². The number of methoxy groups -OCH3 is 1. The van der Waals surface area contributed by atoms with Gasteiger partial charge in [-0.25, -0.2) is 0 Å². The Bertz CT molecular complexity index is 857. The number of esters is 3. The van der Waals surface area contributed by atoms with Crippen molar-refractivity contribution < 1.29 is 33.7 Å². The molecular weight excluding hydrogens is 460 g/mol. The quantitative estimate of drug-likeness (QED) is 0.412. The van der Waals surface area contributed by atoms with E-state index in [1.165, 1.54) is 21.0 Å². The fraction of sp³-hybridized carbons (Fsp3) is 0.897. The molecule has 4 saturated carbocycles. The predicted molar refractivity (Wildman–Crippen MR) is 134 cm³/mol. The number of aliphatic hydroxyl groups is 1. The molecule has 0 aliphatic heterocycles. The second-order valence-corrected chi connectivity index (χ2v) is 12.8. The smallest absolute Gasteiger partial charge is 0.305 e. The monoisotopic (exact) mass is 506 g/mol. The van der Waals surface area contributed by atoms with Gasteiger partial charge in [0.05, 0.1) is 13.2 Å². The molecule has 11 atom stereocenters. The first kappa shape index (κ1) is 27.4. The van der Waals surface area contributed by atoms with Crippen molar-refractivity contribution in [1.29, 1.82) is 0 Å². The summed E-state index contributed by atoms with van der Waals surface area (Å²) in [6.07, 6.45) is 6.59. The maximum absolute atomic E-state index is 12.3. The lowest BCUT2D eigenvalue weighted by atomic mass is 9.43. The standard InChI is InChI=1S/C29H46O7/c1-16(7-10-26(33)34-6)21-8-9-22-27-23(15-25(29(21,22)5)36-18(3)31)28(4)12-11-20(35-17(2)30)13-19(28)14-24(27)32/h16,19-25,27,32H,7-15H2,1-6H3. The van der Waals surface area contributed by atoms with Gasteiger partial charge in [0.1, 0.15) is 12.2 Å². The van der Waals surface area contributed by atoms with Crippen molar-refractivity contribution in [2.45, 2.75) is 111 Å². The van der Waals surface area contributed by atoms with E-state index in [1.807, 2.05) is 0 Å². The molecular formula is C29H46O7. The highest BCUT2D eigenvalue weighted by atomic mass is 16.5. The average Bonchev–Trinajstić information content (AvgIpc) is 3.16. The summed E-state index contributed by atoms with van der Waals surface area (Å²) in [5.74, 6) is 0.916.